The average molecular weight is 207 g/mol. The van der Waals surface area contributed by atoms with Gasteiger partial charge >= 0.3 is 0 Å². The van der Waals surface area contributed by atoms with E-state index in [0.717, 1.165) is 0 Å². The molecule has 0 fully saturated rings. The molecule has 80 valence electrons. The van der Waals surface area contributed by atoms with Crippen LogP contribution in [0.25, 0.3) is 10.9 Å². The molecule has 0 unspecified atom stereocenters. The molecule has 5 heteroatoms. The second-order valence-electron chi connectivity index (χ2n) is 3.61. The van der Waals surface area contributed by atoms with E-state index in [0.29, 0.717) is 16.6 Å². The molecular formula is C10H13N3O2. The summed E-state index contributed by atoms with van der Waals surface area (Å²) in [5.74, 6) is 0.109. The van der Waals surface area contributed by atoms with Crippen molar-refractivity contribution in [2.45, 2.75) is 20.0 Å². The summed E-state index contributed by atoms with van der Waals surface area (Å²) in [5, 5.41) is 14.4. The molecule has 5 nitrogen and oxygen atoms in total. The van der Waals surface area contributed by atoms with Crippen molar-refractivity contribution in [1.82, 2.24) is 9.94 Å². The summed E-state index contributed by atoms with van der Waals surface area (Å²) in [6.07, 6.45) is 1.56. The lowest BCUT2D eigenvalue weighted by Gasteiger charge is -2.10. The van der Waals surface area contributed by atoms with Gasteiger partial charge in [-0.25, -0.2) is 0 Å². The molecule has 1 aromatic heterocycles. The molecular weight excluding hydrogens is 194 g/mol. The maximum Gasteiger partial charge on any atom is 0.154 e. The fourth-order valence-corrected chi connectivity index (χ4v) is 1.40. The molecule has 0 aliphatic heterocycles. The Kier molecular flexibility index (Phi) is 2.15. The third kappa shape index (κ3) is 1.56. The fourth-order valence-electron chi connectivity index (χ4n) is 1.40. The number of aromatic hydroxyl groups is 1. The summed E-state index contributed by atoms with van der Waals surface area (Å²) in [5.41, 5.74) is 6.82. The number of nitrogen functional groups attached to an aromatic ring is 1. The van der Waals surface area contributed by atoms with Crippen LogP contribution in [0.1, 0.15) is 13.8 Å². The predicted octanol–water partition coefficient (Wildman–Crippen LogP) is 1.16. The van der Waals surface area contributed by atoms with Crippen LogP contribution in [0.15, 0.2) is 18.3 Å². The monoisotopic (exact) mass is 207 g/mol. The first-order valence-electron chi connectivity index (χ1n) is 4.72. The van der Waals surface area contributed by atoms with Gasteiger partial charge in [-0.15, -0.1) is 5.10 Å². The second kappa shape index (κ2) is 3.34. The highest BCUT2D eigenvalue weighted by Gasteiger charge is 2.11. The van der Waals surface area contributed by atoms with Gasteiger partial charge in [-0.05, 0) is 26.0 Å². The smallest absolute Gasteiger partial charge is 0.154 e. The molecule has 2 rings (SSSR count). The summed E-state index contributed by atoms with van der Waals surface area (Å²) in [6, 6.07) is 3.17. The molecule has 0 spiro atoms. The highest BCUT2D eigenvalue weighted by Crippen LogP contribution is 2.28. The van der Waals surface area contributed by atoms with E-state index in [1.54, 1.807) is 12.3 Å². The lowest BCUT2D eigenvalue weighted by molar-refractivity contribution is 0.0439. The van der Waals surface area contributed by atoms with Crippen LogP contribution in [0, 0.1) is 0 Å². The third-order valence-electron chi connectivity index (χ3n) is 2.02. The maximum atomic E-state index is 9.68. The van der Waals surface area contributed by atoms with Crippen LogP contribution in [0.5, 0.6) is 5.75 Å². The Balaban J connectivity index is 2.62. The zero-order valence-corrected chi connectivity index (χ0v) is 8.64. The first-order chi connectivity index (χ1) is 7.09. The molecule has 0 saturated carbocycles. The Labute approximate surface area is 87.0 Å². The van der Waals surface area contributed by atoms with E-state index in [9.17, 15) is 5.11 Å². The molecule has 1 heterocycles. The van der Waals surface area contributed by atoms with Crippen molar-refractivity contribution in [3.63, 3.8) is 0 Å². The molecule has 0 aliphatic rings. The molecule has 0 aliphatic carbocycles. The first kappa shape index (κ1) is 9.64. The summed E-state index contributed by atoms with van der Waals surface area (Å²) in [4.78, 5) is 6.69. The van der Waals surface area contributed by atoms with Gasteiger partial charge in [-0.1, -0.05) is 4.85 Å². The number of anilines is 1. The van der Waals surface area contributed by atoms with Crippen molar-refractivity contribution in [3.8, 4) is 5.75 Å². The Hall–Kier alpha value is -1.91. The molecule has 0 radical (unpaired) electrons. The van der Waals surface area contributed by atoms with E-state index >= 15 is 0 Å². The van der Waals surface area contributed by atoms with Crippen LogP contribution in [0.3, 0.4) is 0 Å². The predicted molar refractivity (Wildman–Crippen MR) is 57.5 cm³/mol. The molecule has 15 heavy (non-hydrogen) atoms. The lowest BCUT2D eigenvalue weighted by atomic mass is 10.2. The van der Waals surface area contributed by atoms with E-state index in [-0.39, 0.29) is 11.9 Å². The number of hydrogen-bond donors (Lipinski definition) is 2. The van der Waals surface area contributed by atoms with Crippen molar-refractivity contribution in [1.29, 1.82) is 0 Å². The topological polar surface area (TPSA) is 73.3 Å². The third-order valence-corrected chi connectivity index (χ3v) is 2.02. The van der Waals surface area contributed by atoms with Crippen LogP contribution < -0.4 is 10.6 Å². The molecule has 0 bridgehead atoms. The van der Waals surface area contributed by atoms with E-state index < -0.39 is 0 Å². The summed E-state index contributed by atoms with van der Waals surface area (Å²) in [7, 11) is 0. The zero-order valence-electron chi connectivity index (χ0n) is 8.64. The number of nitrogens with two attached hydrogens (primary N) is 1. The summed E-state index contributed by atoms with van der Waals surface area (Å²) in [6.45, 7) is 3.77. The van der Waals surface area contributed by atoms with E-state index in [4.69, 9.17) is 10.6 Å². The quantitative estimate of drug-likeness (QED) is 0.572. The minimum atomic E-state index is -0.0195. The molecule has 1 aromatic carbocycles. The number of phenolic OH excluding ortho intramolecular Hbond substituents is 1. The average Bonchev–Trinajstić information content (AvgIpc) is 2.56. The van der Waals surface area contributed by atoms with Gasteiger partial charge < -0.3 is 15.7 Å². The fraction of sp³-hybridized carbons (Fsp3) is 0.300. The summed E-state index contributed by atoms with van der Waals surface area (Å²) >= 11 is 0. The van der Waals surface area contributed by atoms with Gasteiger partial charge in [0.25, 0.3) is 0 Å². The molecule has 0 amide bonds. The number of phenols is 1. The van der Waals surface area contributed by atoms with Crippen molar-refractivity contribution in [2.24, 2.45) is 0 Å². The van der Waals surface area contributed by atoms with Gasteiger partial charge in [0.15, 0.2) is 5.52 Å². The summed E-state index contributed by atoms with van der Waals surface area (Å²) < 4.78 is 0. The van der Waals surface area contributed by atoms with Crippen molar-refractivity contribution >= 4 is 16.6 Å². The van der Waals surface area contributed by atoms with Gasteiger partial charge in [0.2, 0.25) is 0 Å². The Morgan fingerprint density at radius 2 is 2.20 bits per heavy atom. The first-order valence-corrected chi connectivity index (χ1v) is 4.72. The Morgan fingerprint density at radius 3 is 2.87 bits per heavy atom. The Morgan fingerprint density at radius 1 is 1.47 bits per heavy atom. The van der Waals surface area contributed by atoms with Gasteiger partial charge in [0.1, 0.15) is 11.9 Å². The SMILES string of the molecule is CC(C)On1ncc2c(N)ccc(O)c21. The van der Waals surface area contributed by atoms with Crippen LogP contribution in [0.2, 0.25) is 0 Å². The minimum Gasteiger partial charge on any atom is -0.506 e. The van der Waals surface area contributed by atoms with Gasteiger partial charge in [0.05, 0.1) is 11.6 Å². The normalized spacial score (nSPS) is 11.1. The van der Waals surface area contributed by atoms with Crippen LogP contribution in [-0.4, -0.2) is 21.2 Å². The number of nitrogens with zero attached hydrogens (tertiary/aromatic N) is 2. The van der Waals surface area contributed by atoms with E-state index in [1.807, 2.05) is 13.8 Å². The number of fused-ring (bicyclic) bond motifs is 1. The van der Waals surface area contributed by atoms with Gasteiger partial charge in [-0.3, -0.25) is 0 Å². The van der Waals surface area contributed by atoms with Crippen LogP contribution in [-0.2, 0) is 0 Å². The van der Waals surface area contributed by atoms with Crippen molar-refractivity contribution in [3.05, 3.63) is 18.3 Å². The van der Waals surface area contributed by atoms with Gasteiger partial charge in [-0.2, -0.15) is 0 Å². The molecule has 2 aromatic rings. The van der Waals surface area contributed by atoms with Crippen LogP contribution in [0.4, 0.5) is 5.69 Å². The molecule has 0 saturated heterocycles. The zero-order chi connectivity index (χ0) is 11.0. The highest BCUT2D eigenvalue weighted by molar-refractivity contribution is 5.93. The van der Waals surface area contributed by atoms with Crippen LogP contribution >= 0.6 is 0 Å². The van der Waals surface area contributed by atoms with E-state index in [2.05, 4.69) is 5.10 Å². The van der Waals surface area contributed by atoms with E-state index in [1.165, 1.54) is 10.9 Å². The number of aromatic nitrogens is 2. The number of hydrogen-bond acceptors (Lipinski definition) is 4. The number of rotatable bonds is 2. The second-order valence-corrected chi connectivity index (χ2v) is 3.61. The maximum absolute atomic E-state index is 9.68. The Bertz CT molecular complexity index is 491. The minimum absolute atomic E-state index is 0.0195. The lowest BCUT2D eigenvalue weighted by Crippen LogP contribution is -2.19. The van der Waals surface area contributed by atoms with Crippen molar-refractivity contribution in [2.75, 3.05) is 5.73 Å². The standard InChI is InChI=1S/C10H13N3O2/c1-6(2)15-13-10-7(5-12-13)8(11)3-4-9(10)14/h3-6,14H,11H2,1-2H3. The highest BCUT2D eigenvalue weighted by atomic mass is 16.7. The molecule has 3 N–H and O–H groups in total. The van der Waals surface area contributed by atoms with Gasteiger partial charge in [0, 0.05) is 5.69 Å². The number of benzene rings is 1. The van der Waals surface area contributed by atoms with Crippen molar-refractivity contribution < 1.29 is 9.94 Å². The molecule has 0 atom stereocenters. The largest absolute Gasteiger partial charge is 0.506 e.